The smallest absolute Gasteiger partial charge is 0.118 e. The molecule has 2 atom stereocenters. The molecule has 0 amide bonds. The van der Waals surface area contributed by atoms with E-state index in [9.17, 15) is 0 Å². The minimum atomic E-state index is 0.0310. The van der Waals surface area contributed by atoms with Crippen molar-refractivity contribution < 1.29 is 4.42 Å². The third-order valence-electron chi connectivity index (χ3n) is 3.22. The predicted molar refractivity (Wildman–Crippen MR) is 75.5 cm³/mol. The van der Waals surface area contributed by atoms with Gasteiger partial charge in [-0.3, -0.25) is 9.88 Å². The number of hydrogen-bond donors (Lipinski definition) is 1. The van der Waals surface area contributed by atoms with Crippen molar-refractivity contribution in [1.29, 1.82) is 0 Å². The molecule has 4 nitrogen and oxygen atoms in total. The van der Waals surface area contributed by atoms with E-state index in [-0.39, 0.29) is 12.1 Å². The highest BCUT2D eigenvalue weighted by atomic mass is 16.3. The molecule has 2 N–H and O–H groups in total. The summed E-state index contributed by atoms with van der Waals surface area (Å²) in [5.41, 5.74) is 7.31. The van der Waals surface area contributed by atoms with Gasteiger partial charge in [0.25, 0.3) is 0 Å². The average molecular weight is 259 g/mol. The lowest BCUT2D eigenvalue weighted by Gasteiger charge is -2.30. The molecule has 0 aliphatic rings. The Hall–Kier alpha value is -1.65. The van der Waals surface area contributed by atoms with Crippen LogP contribution in [0.5, 0.6) is 0 Å². The first-order valence-electron chi connectivity index (χ1n) is 6.49. The molecular weight excluding hydrogens is 238 g/mol. The molecule has 102 valence electrons. The van der Waals surface area contributed by atoms with Gasteiger partial charge in [-0.05, 0) is 50.7 Å². The second-order valence-corrected chi connectivity index (χ2v) is 5.01. The quantitative estimate of drug-likeness (QED) is 0.896. The lowest BCUT2D eigenvalue weighted by molar-refractivity contribution is 0.195. The second kappa shape index (κ2) is 5.99. The Kier molecular flexibility index (Phi) is 4.35. The number of nitrogens with two attached hydrogens (primary N) is 1. The first kappa shape index (κ1) is 13.8. The maximum Gasteiger partial charge on any atom is 0.118 e. The lowest BCUT2D eigenvalue weighted by atomic mass is 10.0. The number of nitrogens with zero attached hydrogens (tertiary/aromatic N) is 2. The third-order valence-corrected chi connectivity index (χ3v) is 3.22. The van der Waals surface area contributed by atoms with Crippen LogP contribution in [0.2, 0.25) is 0 Å². The molecule has 0 saturated carbocycles. The molecular formula is C15H21N3O. The van der Waals surface area contributed by atoms with E-state index in [1.807, 2.05) is 38.1 Å². The van der Waals surface area contributed by atoms with E-state index in [0.29, 0.717) is 0 Å². The number of furan rings is 1. The monoisotopic (exact) mass is 259 g/mol. The maximum atomic E-state index is 6.14. The number of rotatable bonds is 5. The highest BCUT2D eigenvalue weighted by Gasteiger charge is 2.21. The number of hydrogen-bond acceptors (Lipinski definition) is 4. The fraction of sp³-hybridized carbons (Fsp3) is 0.400. The predicted octanol–water partition coefficient (Wildman–Crippen LogP) is 2.50. The van der Waals surface area contributed by atoms with Crippen molar-refractivity contribution in [3.05, 3.63) is 53.7 Å². The van der Waals surface area contributed by atoms with Crippen LogP contribution < -0.4 is 5.73 Å². The molecule has 0 bridgehead atoms. The van der Waals surface area contributed by atoms with Gasteiger partial charge in [0.05, 0.1) is 6.54 Å². The minimum absolute atomic E-state index is 0.0310. The van der Waals surface area contributed by atoms with E-state index >= 15 is 0 Å². The molecule has 0 radical (unpaired) electrons. The Morgan fingerprint density at radius 3 is 2.47 bits per heavy atom. The summed E-state index contributed by atoms with van der Waals surface area (Å²) in [6.45, 7) is 4.72. The molecule has 0 spiro atoms. The summed E-state index contributed by atoms with van der Waals surface area (Å²) in [6, 6.07) is 8.19. The number of pyridine rings is 1. The van der Waals surface area contributed by atoms with Crippen LogP contribution in [0, 0.1) is 6.92 Å². The summed E-state index contributed by atoms with van der Waals surface area (Å²) in [6.07, 6.45) is 3.60. The zero-order valence-corrected chi connectivity index (χ0v) is 11.7. The van der Waals surface area contributed by atoms with Crippen molar-refractivity contribution in [3.8, 4) is 0 Å². The number of aromatic nitrogens is 1. The molecule has 0 aliphatic heterocycles. The van der Waals surface area contributed by atoms with Gasteiger partial charge < -0.3 is 10.2 Å². The van der Waals surface area contributed by atoms with Crippen LogP contribution in [-0.4, -0.2) is 23.0 Å². The van der Waals surface area contributed by atoms with E-state index < -0.39 is 0 Å². The van der Waals surface area contributed by atoms with Crippen LogP contribution in [0.4, 0.5) is 0 Å². The van der Waals surface area contributed by atoms with E-state index in [0.717, 1.165) is 18.1 Å². The summed E-state index contributed by atoms with van der Waals surface area (Å²) in [4.78, 5) is 6.26. The molecule has 0 aliphatic carbocycles. The zero-order chi connectivity index (χ0) is 13.8. The molecule has 0 saturated heterocycles. The molecule has 19 heavy (non-hydrogen) atoms. The summed E-state index contributed by atoms with van der Waals surface area (Å²) in [5.74, 6) is 1.89. The molecule has 2 aromatic heterocycles. The average Bonchev–Trinajstić information content (AvgIpc) is 2.75. The van der Waals surface area contributed by atoms with Crippen LogP contribution in [0.3, 0.4) is 0 Å². The van der Waals surface area contributed by atoms with Gasteiger partial charge >= 0.3 is 0 Å². The van der Waals surface area contributed by atoms with Gasteiger partial charge in [0, 0.05) is 24.5 Å². The van der Waals surface area contributed by atoms with Gasteiger partial charge in [-0.15, -0.1) is 0 Å². The molecule has 2 rings (SSSR count). The Morgan fingerprint density at radius 1 is 1.26 bits per heavy atom. The van der Waals surface area contributed by atoms with Crippen molar-refractivity contribution in [2.75, 3.05) is 7.05 Å². The van der Waals surface area contributed by atoms with Gasteiger partial charge in [0.2, 0.25) is 0 Å². The normalized spacial score (nSPS) is 14.6. The first-order chi connectivity index (χ1) is 9.08. The standard InChI is InChI=1S/C15H21N3O/c1-11-4-5-14(19-11)10-18(3)15(12(2)16)13-6-8-17-9-7-13/h4-9,12,15H,10,16H2,1-3H3. The van der Waals surface area contributed by atoms with Gasteiger partial charge in [0.15, 0.2) is 0 Å². The van der Waals surface area contributed by atoms with Crippen molar-refractivity contribution >= 4 is 0 Å². The Labute approximate surface area is 114 Å². The van der Waals surface area contributed by atoms with Crippen LogP contribution in [0.1, 0.15) is 30.0 Å². The van der Waals surface area contributed by atoms with Gasteiger partial charge in [-0.2, -0.15) is 0 Å². The van der Waals surface area contributed by atoms with E-state index in [4.69, 9.17) is 10.2 Å². The maximum absolute atomic E-state index is 6.14. The van der Waals surface area contributed by atoms with Crippen molar-refractivity contribution in [2.24, 2.45) is 5.73 Å². The molecule has 2 unspecified atom stereocenters. The fourth-order valence-corrected chi connectivity index (χ4v) is 2.43. The van der Waals surface area contributed by atoms with Crippen LogP contribution in [-0.2, 0) is 6.54 Å². The van der Waals surface area contributed by atoms with E-state index in [1.165, 1.54) is 5.56 Å². The molecule has 2 aromatic rings. The highest BCUT2D eigenvalue weighted by molar-refractivity contribution is 5.17. The first-order valence-corrected chi connectivity index (χ1v) is 6.49. The minimum Gasteiger partial charge on any atom is -0.465 e. The van der Waals surface area contributed by atoms with Gasteiger partial charge in [-0.1, -0.05) is 0 Å². The van der Waals surface area contributed by atoms with Crippen LogP contribution in [0.25, 0.3) is 0 Å². The molecule has 0 fully saturated rings. The molecule has 4 heteroatoms. The SMILES string of the molecule is Cc1ccc(CN(C)C(c2ccncc2)C(C)N)o1. The topological polar surface area (TPSA) is 55.3 Å². The van der Waals surface area contributed by atoms with Crippen molar-refractivity contribution in [1.82, 2.24) is 9.88 Å². The second-order valence-electron chi connectivity index (χ2n) is 5.01. The zero-order valence-electron chi connectivity index (χ0n) is 11.7. The molecule has 0 aromatic carbocycles. The van der Waals surface area contributed by atoms with Crippen molar-refractivity contribution in [2.45, 2.75) is 32.5 Å². The summed E-state index contributed by atoms with van der Waals surface area (Å²) >= 11 is 0. The number of aryl methyl sites for hydroxylation is 1. The van der Waals surface area contributed by atoms with Crippen molar-refractivity contribution in [3.63, 3.8) is 0 Å². The van der Waals surface area contributed by atoms with E-state index in [2.05, 4.69) is 16.9 Å². The fourth-order valence-electron chi connectivity index (χ4n) is 2.43. The van der Waals surface area contributed by atoms with Crippen LogP contribution >= 0.6 is 0 Å². The van der Waals surface area contributed by atoms with Gasteiger partial charge in [0.1, 0.15) is 11.5 Å². The lowest BCUT2D eigenvalue weighted by Crippen LogP contribution is -2.36. The molecule has 2 heterocycles. The van der Waals surface area contributed by atoms with E-state index in [1.54, 1.807) is 12.4 Å². The number of likely N-dealkylation sites (N-methyl/N-ethyl adjacent to an activating group) is 1. The van der Waals surface area contributed by atoms with Gasteiger partial charge in [-0.25, -0.2) is 0 Å². The summed E-state index contributed by atoms with van der Waals surface area (Å²) < 4.78 is 5.63. The Morgan fingerprint density at radius 2 is 1.95 bits per heavy atom. The third kappa shape index (κ3) is 3.43. The Balaban J connectivity index is 2.15. The largest absolute Gasteiger partial charge is 0.465 e. The summed E-state index contributed by atoms with van der Waals surface area (Å²) in [7, 11) is 2.06. The summed E-state index contributed by atoms with van der Waals surface area (Å²) in [5, 5.41) is 0. The highest BCUT2D eigenvalue weighted by Crippen LogP contribution is 2.23. The van der Waals surface area contributed by atoms with Crippen LogP contribution in [0.15, 0.2) is 41.1 Å². The Bertz CT molecular complexity index is 507.